The lowest BCUT2D eigenvalue weighted by Gasteiger charge is -2.12. The summed E-state index contributed by atoms with van der Waals surface area (Å²) in [6.07, 6.45) is 0. The first-order chi connectivity index (χ1) is 9.58. The van der Waals surface area contributed by atoms with Crippen molar-refractivity contribution in [1.82, 2.24) is 0 Å². The van der Waals surface area contributed by atoms with Crippen molar-refractivity contribution in [2.45, 2.75) is 4.83 Å². The van der Waals surface area contributed by atoms with Crippen molar-refractivity contribution in [3.8, 4) is 0 Å². The third-order valence-corrected chi connectivity index (χ3v) is 8.03. The smallest absolute Gasteiger partial charge is 0.0843 e. The lowest BCUT2D eigenvalue weighted by molar-refractivity contribution is 1.25. The third kappa shape index (κ3) is 2.73. The molecule has 5 heteroatoms. The number of rotatable bonds is 2. The van der Waals surface area contributed by atoms with Gasteiger partial charge in [-0.3, -0.25) is 0 Å². The molecule has 3 aromatic rings. The monoisotopic (exact) mass is 492 g/mol. The summed E-state index contributed by atoms with van der Waals surface area (Å²) in [4.78, 5) is 1.40. The van der Waals surface area contributed by atoms with Gasteiger partial charge >= 0.3 is 0 Å². The molecule has 20 heavy (non-hydrogen) atoms. The second-order valence-corrected chi connectivity index (χ2v) is 8.89. The van der Waals surface area contributed by atoms with Crippen LogP contribution in [0.15, 0.2) is 50.7 Å². The fraction of sp³-hybridized carbons (Fsp3) is 0.0667. The number of hydrogen-bond acceptors (Lipinski definition) is 1. The molecule has 0 fully saturated rings. The highest BCUT2D eigenvalue weighted by Crippen LogP contribution is 2.43. The Morgan fingerprint density at radius 2 is 1.70 bits per heavy atom. The summed E-state index contributed by atoms with van der Waals surface area (Å²) in [5.74, 6) is 0. The van der Waals surface area contributed by atoms with Crippen LogP contribution in [-0.2, 0) is 0 Å². The molecule has 2 aromatic carbocycles. The molecule has 0 spiro atoms. The summed E-state index contributed by atoms with van der Waals surface area (Å²) in [5.41, 5.74) is 1.23. The van der Waals surface area contributed by atoms with Crippen molar-refractivity contribution in [3.05, 3.63) is 66.2 Å². The minimum absolute atomic E-state index is 0.150. The number of fused-ring (bicyclic) bond motifs is 1. The Morgan fingerprint density at radius 3 is 2.35 bits per heavy atom. The van der Waals surface area contributed by atoms with Crippen LogP contribution in [0.3, 0.4) is 0 Å². The van der Waals surface area contributed by atoms with E-state index in [1.165, 1.54) is 15.8 Å². The molecule has 1 aromatic heterocycles. The second kappa shape index (κ2) is 6.09. The van der Waals surface area contributed by atoms with Gasteiger partial charge < -0.3 is 0 Å². The second-order valence-electron chi connectivity index (χ2n) is 4.32. The number of hydrogen-bond donors (Lipinski definition) is 0. The van der Waals surface area contributed by atoms with Crippen molar-refractivity contribution < 1.29 is 0 Å². The first-order valence-corrected chi connectivity index (χ1v) is 9.53. The van der Waals surface area contributed by atoms with E-state index in [4.69, 9.17) is 11.6 Å². The zero-order valence-corrected chi connectivity index (χ0v) is 16.4. The molecule has 1 atom stereocenters. The number of benzene rings is 2. The Morgan fingerprint density at radius 1 is 1.00 bits per heavy atom. The molecule has 3 rings (SSSR count). The highest BCUT2D eigenvalue weighted by Gasteiger charge is 2.17. The van der Waals surface area contributed by atoms with Crippen LogP contribution in [0.2, 0.25) is 5.02 Å². The van der Waals surface area contributed by atoms with Crippen LogP contribution >= 0.6 is 70.7 Å². The van der Waals surface area contributed by atoms with Crippen molar-refractivity contribution >= 4 is 81.5 Å². The van der Waals surface area contributed by atoms with Crippen molar-refractivity contribution in [1.29, 1.82) is 0 Å². The summed E-state index contributed by atoms with van der Waals surface area (Å²) in [5, 5.41) is 3.06. The standard InChI is InChI=1S/C15H8Br3ClS/c16-11-7-13(20-15(11)18)14(17)10-5-6-12(19)9-4-2-1-3-8(9)10/h1-7,14H. The molecule has 0 saturated carbocycles. The summed E-state index contributed by atoms with van der Waals surface area (Å²) in [6.45, 7) is 0. The van der Waals surface area contributed by atoms with Crippen molar-refractivity contribution in [3.63, 3.8) is 0 Å². The lowest BCUT2D eigenvalue weighted by Crippen LogP contribution is -1.91. The van der Waals surface area contributed by atoms with E-state index in [2.05, 4.69) is 72.1 Å². The molecule has 0 bridgehead atoms. The van der Waals surface area contributed by atoms with Gasteiger partial charge in [0.25, 0.3) is 0 Å². The molecule has 0 saturated heterocycles. The predicted octanol–water partition coefficient (Wildman–Crippen LogP) is 7.56. The SMILES string of the molecule is Clc1ccc(C(Br)c2cc(Br)c(Br)s2)c2ccccc12. The first kappa shape index (κ1) is 15.0. The van der Waals surface area contributed by atoms with E-state index in [1.807, 2.05) is 18.2 Å². The molecule has 0 aliphatic heterocycles. The van der Waals surface area contributed by atoms with Gasteiger partial charge in [-0.25, -0.2) is 0 Å². The summed E-state index contributed by atoms with van der Waals surface area (Å²) < 4.78 is 2.19. The van der Waals surface area contributed by atoms with Gasteiger partial charge in [-0.2, -0.15) is 0 Å². The zero-order valence-electron chi connectivity index (χ0n) is 10.0. The topological polar surface area (TPSA) is 0 Å². The van der Waals surface area contributed by atoms with E-state index in [-0.39, 0.29) is 4.83 Å². The van der Waals surface area contributed by atoms with Gasteiger partial charge in [0.1, 0.15) is 0 Å². The Kier molecular flexibility index (Phi) is 4.58. The lowest BCUT2D eigenvalue weighted by atomic mass is 10.0. The molecular weight excluding hydrogens is 487 g/mol. The number of thiophene rings is 1. The molecule has 0 aliphatic rings. The van der Waals surface area contributed by atoms with Crippen LogP contribution in [0, 0.1) is 0 Å². The van der Waals surface area contributed by atoms with Gasteiger partial charge in [0, 0.05) is 19.8 Å². The molecule has 0 amide bonds. The predicted molar refractivity (Wildman–Crippen MR) is 99.4 cm³/mol. The van der Waals surface area contributed by atoms with E-state index in [9.17, 15) is 0 Å². The average molecular weight is 495 g/mol. The molecule has 102 valence electrons. The Hall–Kier alpha value is 0.130. The van der Waals surface area contributed by atoms with Gasteiger partial charge in [-0.1, -0.05) is 57.9 Å². The van der Waals surface area contributed by atoms with E-state index < -0.39 is 0 Å². The number of halogens is 4. The Bertz CT molecular complexity index is 762. The molecule has 0 radical (unpaired) electrons. The largest absolute Gasteiger partial charge is 0.131 e. The molecule has 0 N–H and O–H groups in total. The van der Waals surface area contributed by atoms with Crippen LogP contribution in [0.25, 0.3) is 10.8 Å². The van der Waals surface area contributed by atoms with Crippen LogP contribution in [-0.4, -0.2) is 0 Å². The van der Waals surface area contributed by atoms with Crippen LogP contribution in [0.5, 0.6) is 0 Å². The minimum atomic E-state index is 0.150. The summed E-state index contributed by atoms with van der Waals surface area (Å²) in [7, 11) is 0. The third-order valence-electron chi connectivity index (χ3n) is 3.09. The molecule has 0 nitrogen and oxygen atoms in total. The molecule has 1 unspecified atom stereocenters. The summed E-state index contributed by atoms with van der Waals surface area (Å²) in [6, 6.07) is 14.4. The minimum Gasteiger partial charge on any atom is -0.131 e. The Labute approximate surface area is 151 Å². The quantitative estimate of drug-likeness (QED) is 0.322. The van der Waals surface area contributed by atoms with Crippen LogP contribution < -0.4 is 0 Å². The maximum Gasteiger partial charge on any atom is 0.0843 e. The van der Waals surface area contributed by atoms with Gasteiger partial charge in [0.15, 0.2) is 0 Å². The zero-order chi connectivity index (χ0) is 14.3. The average Bonchev–Trinajstić information content (AvgIpc) is 2.79. The normalized spacial score (nSPS) is 12.8. The summed E-state index contributed by atoms with van der Waals surface area (Å²) >= 11 is 18.9. The van der Waals surface area contributed by atoms with Crippen molar-refractivity contribution in [2.75, 3.05) is 0 Å². The molecular formula is C15H8Br3ClS. The van der Waals surface area contributed by atoms with Gasteiger partial charge in [-0.15, -0.1) is 11.3 Å². The fourth-order valence-electron chi connectivity index (χ4n) is 2.15. The van der Waals surface area contributed by atoms with Crippen LogP contribution in [0.4, 0.5) is 0 Å². The van der Waals surface area contributed by atoms with Gasteiger partial charge in [0.2, 0.25) is 0 Å². The van der Waals surface area contributed by atoms with Crippen LogP contribution in [0.1, 0.15) is 15.3 Å². The van der Waals surface area contributed by atoms with E-state index in [1.54, 1.807) is 11.3 Å². The van der Waals surface area contributed by atoms with E-state index in [0.717, 1.165) is 18.7 Å². The fourth-order valence-corrected chi connectivity index (χ4v) is 5.27. The Balaban J connectivity index is 2.17. The van der Waals surface area contributed by atoms with E-state index >= 15 is 0 Å². The maximum atomic E-state index is 6.28. The van der Waals surface area contributed by atoms with Crippen molar-refractivity contribution in [2.24, 2.45) is 0 Å². The van der Waals surface area contributed by atoms with Gasteiger partial charge in [-0.05, 0) is 54.9 Å². The highest BCUT2D eigenvalue weighted by atomic mass is 79.9. The maximum absolute atomic E-state index is 6.28. The van der Waals surface area contributed by atoms with Gasteiger partial charge in [0.05, 0.1) is 8.61 Å². The highest BCUT2D eigenvalue weighted by molar-refractivity contribution is 9.13. The first-order valence-electron chi connectivity index (χ1n) is 5.84. The molecule has 0 aliphatic carbocycles. The molecule has 1 heterocycles. The number of alkyl halides is 1. The van der Waals surface area contributed by atoms with E-state index in [0.29, 0.717) is 0 Å².